The number of piperidine rings is 1. The maximum Gasteiger partial charge on any atom is 0.157 e. The molecular formula is C27H21F2N3O. The Bertz CT molecular complexity index is 1530. The zero-order valence-electron chi connectivity index (χ0n) is 18.2. The van der Waals surface area contributed by atoms with Gasteiger partial charge >= 0.3 is 0 Å². The second-order valence-electron chi connectivity index (χ2n) is 9.09. The molecule has 0 spiro atoms. The van der Waals surface area contributed by atoms with Crippen LogP contribution in [-0.2, 0) is 0 Å². The first-order valence-electron chi connectivity index (χ1n) is 11.0. The summed E-state index contributed by atoms with van der Waals surface area (Å²) in [6, 6.07) is 5.64. The summed E-state index contributed by atoms with van der Waals surface area (Å²) < 4.78 is 30.7. The van der Waals surface area contributed by atoms with Gasteiger partial charge in [0, 0.05) is 39.5 Å². The summed E-state index contributed by atoms with van der Waals surface area (Å²) >= 11 is 0. The lowest BCUT2D eigenvalue weighted by Crippen LogP contribution is -2.15. The van der Waals surface area contributed by atoms with Gasteiger partial charge in [0.25, 0.3) is 0 Å². The summed E-state index contributed by atoms with van der Waals surface area (Å²) in [5.41, 5.74) is 2.74. The third-order valence-electron chi connectivity index (χ3n) is 7.36. The van der Waals surface area contributed by atoms with E-state index < -0.39 is 11.6 Å². The monoisotopic (exact) mass is 441 g/mol. The second-order valence-corrected chi connectivity index (χ2v) is 9.09. The predicted molar refractivity (Wildman–Crippen MR) is 124 cm³/mol. The minimum Gasteiger partial charge on any atom is -0.508 e. The molecule has 1 saturated heterocycles. The summed E-state index contributed by atoms with van der Waals surface area (Å²) in [5, 5.41) is 15.8. The number of benzene rings is 2. The Labute approximate surface area is 189 Å². The molecule has 2 aliphatic rings. The van der Waals surface area contributed by atoms with E-state index >= 15 is 4.39 Å². The Balaban J connectivity index is 1.65. The molecule has 4 aromatic rings. The van der Waals surface area contributed by atoms with Gasteiger partial charge in [0.05, 0.1) is 11.3 Å². The van der Waals surface area contributed by atoms with E-state index in [1.165, 1.54) is 24.3 Å². The number of fused-ring (bicyclic) bond motifs is 3. The normalized spacial score (nSPS) is 21.4. The molecule has 1 aliphatic heterocycles. The lowest BCUT2D eigenvalue weighted by Gasteiger charge is -2.16. The molecule has 3 heterocycles. The van der Waals surface area contributed by atoms with E-state index in [-0.39, 0.29) is 22.6 Å². The topological polar surface area (TPSA) is 58.0 Å². The largest absolute Gasteiger partial charge is 0.508 e. The van der Waals surface area contributed by atoms with Crippen LogP contribution in [0.1, 0.15) is 28.4 Å². The summed E-state index contributed by atoms with van der Waals surface area (Å²) in [6.45, 7) is 5.65. The van der Waals surface area contributed by atoms with Crippen LogP contribution in [0.3, 0.4) is 0 Å². The molecule has 164 valence electrons. The molecule has 1 saturated carbocycles. The Morgan fingerprint density at radius 3 is 2.61 bits per heavy atom. The number of halogens is 2. The van der Waals surface area contributed by atoms with Crippen LogP contribution in [0.15, 0.2) is 30.5 Å². The Kier molecular flexibility index (Phi) is 4.24. The number of aryl methyl sites for hydroxylation is 2. The van der Waals surface area contributed by atoms with Gasteiger partial charge in [-0.3, -0.25) is 9.97 Å². The molecule has 4 nitrogen and oxygen atoms in total. The number of nitrogens with one attached hydrogen (secondary N) is 1. The van der Waals surface area contributed by atoms with E-state index in [9.17, 15) is 9.50 Å². The summed E-state index contributed by atoms with van der Waals surface area (Å²) in [4.78, 5) is 9.32. The van der Waals surface area contributed by atoms with Crippen LogP contribution >= 0.6 is 0 Å². The van der Waals surface area contributed by atoms with Crippen molar-refractivity contribution in [3.63, 3.8) is 0 Å². The number of phenolic OH excluding ortho intramolecular Hbond substituents is 1. The average molecular weight is 441 g/mol. The van der Waals surface area contributed by atoms with E-state index in [1.807, 2.05) is 13.8 Å². The van der Waals surface area contributed by atoms with E-state index in [0.717, 1.165) is 30.0 Å². The number of terminal acetylenes is 1. The van der Waals surface area contributed by atoms with Crippen molar-refractivity contribution in [2.45, 2.75) is 19.8 Å². The summed E-state index contributed by atoms with van der Waals surface area (Å²) in [6.07, 6.45) is 7.26. The fourth-order valence-electron chi connectivity index (χ4n) is 5.57. The van der Waals surface area contributed by atoms with E-state index in [1.54, 1.807) is 6.20 Å². The highest BCUT2D eigenvalue weighted by Crippen LogP contribution is 2.57. The summed E-state index contributed by atoms with van der Waals surface area (Å²) in [5.74, 6) is 2.58. The van der Waals surface area contributed by atoms with Gasteiger partial charge in [-0.25, -0.2) is 8.78 Å². The highest BCUT2D eigenvalue weighted by molar-refractivity contribution is 6.03. The lowest BCUT2D eigenvalue weighted by molar-refractivity contribution is 0.476. The van der Waals surface area contributed by atoms with Crippen LogP contribution in [0.25, 0.3) is 32.8 Å². The van der Waals surface area contributed by atoms with Gasteiger partial charge in [-0.05, 0) is 67.9 Å². The van der Waals surface area contributed by atoms with Crippen molar-refractivity contribution < 1.29 is 13.9 Å². The van der Waals surface area contributed by atoms with Gasteiger partial charge in [0.2, 0.25) is 0 Å². The molecule has 2 aromatic carbocycles. The van der Waals surface area contributed by atoms with Crippen molar-refractivity contribution in [1.29, 1.82) is 0 Å². The zero-order chi connectivity index (χ0) is 23.0. The van der Waals surface area contributed by atoms with Crippen molar-refractivity contribution in [2.75, 3.05) is 13.1 Å². The molecule has 2 N–H and O–H groups in total. The van der Waals surface area contributed by atoms with E-state index in [0.29, 0.717) is 39.3 Å². The molecule has 0 bridgehead atoms. The summed E-state index contributed by atoms with van der Waals surface area (Å²) in [7, 11) is 0. The Hall–Kier alpha value is -3.56. The Morgan fingerprint density at radius 2 is 1.88 bits per heavy atom. The number of hydrogen-bond acceptors (Lipinski definition) is 4. The standard InChI is InChI=1S/C27H21F2N3O/c1-4-16-21(28)6-5-14-7-15(33)8-17(23(14)16)27-25(29)22-12(2)13(3)32-26(20(22)11-31-27)24-18-9-30-10-19(18)24/h1,5-8,11,18-19,24,30,33H,9-10H2,2-3H3. The van der Waals surface area contributed by atoms with Crippen LogP contribution < -0.4 is 5.32 Å². The molecule has 6 rings (SSSR count). The van der Waals surface area contributed by atoms with Crippen LogP contribution in [-0.4, -0.2) is 28.2 Å². The molecule has 0 amide bonds. The molecule has 2 aromatic heterocycles. The number of hydrogen-bond donors (Lipinski definition) is 2. The molecule has 2 fully saturated rings. The van der Waals surface area contributed by atoms with Crippen molar-refractivity contribution in [2.24, 2.45) is 11.8 Å². The van der Waals surface area contributed by atoms with Gasteiger partial charge in [-0.1, -0.05) is 12.0 Å². The van der Waals surface area contributed by atoms with Crippen molar-refractivity contribution in [3.05, 3.63) is 64.6 Å². The fraction of sp³-hybridized carbons (Fsp3) is 0.259. The number of nitrogens with zero attached hydrogens (tertiary/aromatic N) is 2. The van der Waals surface area contributed by atoms with Gasteiger partial charge in [0.1, 0.15) is 17.3 Å². The quantitative estimate of drug-likeness (QED) is 0.432. The number of aromatic nitrogens is 2. The van der Waals surface area contributed by atoms with Crippen LogP contribution in [0.5, 0.6) is 5.75 Å². The van der Waals surface area contributed by atoms with Gasteiger partial charge in [-0.15, -0.1) is 6.42 Å². The molecule has 0 radical (unpaired) electrons. The zero-order valence-corrected chi connectivity index (χ0v) is 18.2. The smallest absolute Gasteiger partial charge is 0.157 e. The number of rotatable bonds is 2. The first-order chi connectivity index (χ1) is 15.9. The number of pyridine rings is 2. The van der Waals surface area contributed by atoms with Crippen LogP contribution in [0.2, 0.25) is 0 Å². The molecule has 2 atom stereocenters. The third kappa shape index (κ3) is 2.79. The minimum absolute atomic E-state index is 0.0189. The lowest BCUT2D eigenvalue weighted by atomic mass is 9.94. The van der Waals surface area contributed by atoms with E-state index in [4.69, 9.17) is 11.4 Å². The van der Waals surface area contributed by atoms with E-state index in [2.05, 4.69) is 16.2 Å². The van der Waals surface area contributed by atoms with Gasteiger partial charge in [-0.2, -0.15) is 0 Å². The molecule has 2 unspecified atom stereocenters. The Morgan fingerprint density at radius 1 is 1.12 bits per heavy atom. The fourth-order valence-corrected chi connectivity index (χ4v) is 5.57. The highest BCUT2D eigenvalue weighted by atomic mass is 19.1. The average Bonchev–Trinajstić information content (AvgIpc) is 3.25. The molecular weight excluding hydrogens is 420 g/mol. The second kappa shape index (κ2) is 6.97. The maximum absolute atomic E-state index is 16.2. The molecule has 33 heavy (non-hydrogen) atoms. The first kappa shape index (κ1) is 20.1. The first-order valence-corrected chi connectivity index (χ1v) is 11.0. The SMILES string of the molecule is C#Cc1c(F)ccc2cc(O)cc(-c3ncc4c(C5C6CNCC65)nc(C)c(C)c4c3F)c12. The highest BCUT2D eigenvalue weighted by Gasteiger charge is 2.55. The third-order valence-corrected chi connectivity index (χ3v) is 7.36. The predicted octanol–water partition coefficient (Wildman–Crippen LogP) is 4.96. The van der Waals surface area contributed by atoms with Gasteiger partial charge < -0.3 is 10.4 Å². The molecule has 6 heteroatoms. The van der Waals surface area contributed by atoms with Crippen LogP contribution in [0, 0.1) is 49.7 Å². The number of aromatic hydroxyl groups is 1. The van der Waals surface area contributed by atoms with Gasteiger partial charge in [0.15, 0.2) is 5.82 Å². The number of phenols is 1. The maximum atomic E-state index is 16.2. The van der Waals surface area contributed by atoms with Crippen molar-refractivity contribution in [1.82, 2.24) is 15.3 Å². The minimum atomic E-state index is -0.578. The van der Waals surface area contributed by atoms with Crippen molar-refractivity contribution in [3.8, 4) is 29.4 Å². The molecule has 1 aliphatic carbocycles. The van der Waals surface area contributed by atoms with Crippen LogP contribution in [0.4, 0.5) is 8.78 Å². The van der Waals surface area contributed by atoms with Crippen molar-refractivity contribution >= 4 is 21.5 Å².